The molecule has 11 nitrogen and oxygen atoms in total. The van der Waals surface area contributed by atoms with Crippen LogP contribution in [0.4, 0.5) is 10.5 Å². The summed E-state index contributed by atoms with van der Waals surface area (Å²) >= 11 is 0. The van der Waals surface area contributed by atoms with E-state index in [1.165, 1.54) is 44.7 Å². The van der Waals surface area contributed by atoms with Gasteiger partial charge < -0.3 is 9.84 Å². The fourth-order valence-corrected chi connectivity index (χ4v) is 4.81. The van der Waals surface area contributed by atoms with Gasteiger partial charge in [-0.3, -0.25) is 9.52 Å². The highest BCUT2D eigenvalue weighted by Gasteiger charge is 2.37. The number of amides is 1. The summed E-state index contributed by atoms with van der Waals surface area (Å²) in [4.78, 5) is 28.3. The number of hydrogen-bond acceptors (Lipinski definition) is 7. The molecule has 176 valence electrons. The van der Waals surface area contributed by atoms with Crippen molar-refractivity contribution in [2.75, 3.05) is 11.8 Å². The lowest BCUT2D eigenvalue weighted by molar-refractivity contribution is 0.147. The molecular weight excluding hydrogens is 450 g/mol. The SMILES string of the molecule is COc1nc(Cc2ccc(NS(=O)(=O)N(C(=O)O)C(C)(C)C)cc2)cc2cnn(C)c(=O)c12. The van der Waals surface area contributed by atoms with E-state index in [1.54, 1.807) is 31.4 Å². The van der Waals surface area contributed by atoms with E-state index < -0.39 is 21.8 Å². The van der Waals surface area contributed by atoms with Crippen LogP contribution < -0.4 is 15.0 Å². The Balaban J connectivity index is 1.85. The first-order valence-electron chi connectivity index (χ1n) is 9.88. The average Bonchev–Trinajstić information content (AvgIpc) is 2.69. The van der Waals surface area contributed by atoms with Crippen LogP contribution in [0.25, 0.3) is 10.8 Å². The molecule has 33 heavy (non-hydrogen) atoms. The zero-order valence-electron chi connectivity index (χ0n) is 18.9. The normalized spacial score (nSPS) is 11.9. The Kier molecular flexibility index (Phi) is 6.32. The number of carbonyl (C=O) groups is 1. The zero-order valence-corrected chi connectivity index (χ0v) is 19.7. The van der Waals surface area contributed by atoms with Gasteiger partial charge in [0.2, 0.25) is 5.88 Å². The molecule has 0 spiro atoms. The number of benzene rings is 1. The van der Waals surface area contributed by atoms with E-state index in [4.69, 9.17) is 4.74 Å². The summed E-state index contributed by atoms with van der Waals surface area (Å²) in [6.45, 7) is 4.46. The fraction of sp³-hybridized carbons (Fsp3) is 0.333. The van der Waals surface area contributed by atoms with Crippen molar-refractivity contribution in [2.45, 2.75) is 32.7 Å². The van der Waals surface area contributed by atoms with Gasteiger partial charge in [0, 0.05) is 24.5 Å². The molecule has 2 heterocycles. The van der Waals surface area contributed by atoms with E-state index in [1.807, 2.05) is 0 Å². The number of hydrogen-bond donors (Lipinski definition) is 2. The number of nitrogens with zero attached hydrogens (tertiary/aromatic N) is 4. The van der Waals surface area contributed by atoms with Gasteiger partial charge in [0.1, 0.15) is 5.39 Å². The third-order valence-corrected chi connectivity index (χ3v) is 6.43. The van der Waals surface area contributed by atoms with Crippen molar-refractivity contribution in [1.82, 2.24) is 19.1 Å². The molecule has 0 unspecified atom stereocenters. The van der Waals surface area contributed by atoms with Gasteiger partial charge in [0.05, 0.1) is 24.5 Å². The molecule has 2 N–H and O–H groups in total. The minimum atomic E-state index is -4.33. The number of ether oxygens (including phenoxy) is 1. The number of fused-ring (bicyclic) bond motifs is 1. The van der Waals surface area contributed by atoms with Gasteiger partial charge in [-0.15, -0.1) is 0 Å². The maximum atomic E-state index is 12.6. The third-order valence-electron chi connectivity index (χ3n) is 4.75. The topological polar surface area (TPSA) is 144 Å². The van der Waals surface area contributed by atoms with Crippen LogP contribution in [0.5, 0.6) is 5.88 Å². The van der Waals surface area contributed by atoms with E-state index in [-0.39, 0.29) is 17.1 Å². The number of rotatable bonds is 6. The molecular formula is C21H25N5O6S. The molecule has 0 bridgehead atoms. The summed E-state index contributed by atoms with van der Waals surface area (Å²) < 4.78 is 34.3. The molecule has 0 fully saturated rings. The average molecular weight is 476 g/mol. The second-order valence-corrected chi connectivity index (χ2v) is 9.88. The Hall–Kier alpha value is -3.67. The van der Waals surface area contributed by atoms with Crippen molar-refractivity contribution >= 4 is 32.8 Å². The summed E-state index contributed by atoms with van der Waals surface area (Å²) in [5.41, 5.74) is 0.188. The summed E-state index contributed by atoms with van der Waals surface area (Å²) in [6.07, 6.45) is 0.371. The highest BCUT2D eigenvalue weighted by molar-refractivity contribution is 7.91. The lowest BCUT2D eigenvalue weighted by atomic mass is 10.1. The minimum Gasteiger partial charge on any atom is -0.480 e. The first-order valence-corrected chi connectivity index (χ1v) is 11.3. The van der Waals surface area contributed by atoms with Gasteiger partial charge in [-0.2, -0.15) is 17.8 Å². The Bertz CT molecular complexity index is 1360. The molecule has 3 rings (SSSR count). The van der Waals surface area contributed by atoms with Crippen molar-refractivity contribution in [3.63, 3.8) is 0 Å². The first kappa shape index (κ1) is 24.0. The van der Waals surface area contributed by atoms with E-state index in [0.29, 0.717) is 27.2 Å². The van der Waals surface area contributed by atoms with E-state index >= 15 is 0 Å². The molecule has 0 aliphatic rings. The van der Waals surface area contributed by atoms with Gasteiger partial charge in [0.15, 0.2) is 0 Å². The Morgan fingerprint density at radius 2 is 1.88 bits per heavy atom. The number of carboxylic acid groups (broad SMARTS) is 1. The molecule has 12 heteroatoms. The largest absolute Gasteiger partial charge is 0.480 e. The molecule has 2 aromatic heterocycles. The van der Waals surface area contributed by atoms with E-state index in [9.17, 15) is 23.1 Å². The lowest BCUT2D eigenvalue weighted by Crippen LogP contribution is -2.50. The van der Waals surface area contributed by atoms with Gasteiger partial charge >= 0.3 is 16.3 Å². The predicted octanol–water partition coefficient (Wildman–Crippen LogP) is 2.36. The number of aromatic nitrogens is 3. The molecule has 3 aromatic rings. The monoisotopic (exact) mass is 475 g/mol. The molecule has 0 aliphatic carbocycles. The molecule has 0 saturated heterocycles. The smallest absolute Gasteiger partial charge is 0.422 e. The number of nitrogens with one attached hydrogen (secondary N) is 1. The Morgan fingerprint density at radius 3 is 2.42 bits per heavy atom. The predicted molar refractivity (Wildman–Crippen MR) is 123 cm³/mol. The van der Waals surface area contributed by atoms with Gasteiger partial charge in [0.25, 0.3) is 5.56 Å². The maximum absolute atomic E-state index is 12.6. The molecule has 0 saturated carbocycles. The van der Waals surface area contributed by atoms with Gasteiger partial charge in [-0.05, 0) is 44.5 Å². The number of anilines is 1. The van der Waals surface area contributed by atoms with Crippen molar-refractivity contribution in [2.24, 2.45) is 7.05 Å². The first-order chi connectivity index (χ1) is 15.3. The van der Waals surface area contributed by atoms with Crippen LogP contribution in [0.1, 0.15) is 32.0 Å². The van der Waals surface area contributed by atoms with E-state index in [2.05, 4.69) is 14.8 Å². The van der Waals surface area contributed by atoms with Crippen molar-refractivity contribution in [1.29, 1.82) is 0 Å². The molecule has 1 aromatic carbocycles. The summed E-state index contributed by atoms with van der Waals surface area (Å²) in [7, 11) is -1.35. The van der Waals surface area contributed by atoms with Crippen molar-refractivity contribution in [3.8, 4) is 5.88 Å². The number of pyridine rings is 1. The van der Waals surface area contributed by atoms with Crippen LogP contribution in [0, 0.1) is 0 Å². The van der Waals surface area contributed by atoms with Gasteiger partial charge in [-0.25, -0.2) is 14.5 Å². The maximum Gasteiger partial charge on any atom is 0.422 e. The van der Waals surface area contributed by atoms with Gasteiger partial charge in [-0.1, -0.05) is 12.1 Å². The van der Waals surface area contributed by atoms with Crippen LogP contribution in [-0.2, 0) is 23.7 Å². The summed E-state index contributed by atoms with van der Waals surface area (Å²) in [6, 6.07) is 8.20. The van der Waals surface area contributed by atoms with Crippen LogP contribution in [0.2, 0.25) is 0 Å². The highest BCUT2D eigenvalue weighted by Crippen LogP contribution is 2.24. The summed E-state index contributed by atoms with van der Waals surface area (Å²) in [5, 5.41) is 14.3. The fourth-order valence-electron chi connectivity index (χ4n) is 3.36. The standard InChI is InChI=1S/C21H25N5O6S/c1-21(2,3)26(20(28)29)33(30,31)24-15-8-6-13(7-9-15)10-16-11-14-12-22-25(4)19(27)17(14)18(23-16)32-5/h6-9,11-12,24H,10H2,1-5H3,(H,28,29). The lowest BCUT2D eigenvalue weighted by Gasteiger charge is -2.31. The quantitative estimate of drug-likeness (QED) is 0.553. The van der Waals surface area contributed by atoms with Crippen molar-refractivity contribution in [3.05, 3.63) is 58.1 Å². The highest BCUT2D eigenvalue weighted by atomic mass is 32.2. The second kappa shape index (κ2) is 8.70. The van der Waals surface area contributed by atoms with Crippen LogP contribution in [0.15, 0.2) is 41.3 Å². The molecule has 0 atom stereocenters. The molecule has 0 aliphatic heterocycles. The second-order valence-electron chi connectivity index (χ2n) is 8.36. The number of aryl methyl sites for hydroxylation is 1. The number of methoxy groups -OCH3 is 1. The van der Waals surface area contributed by atoms with Crippen molar-refractivity contribution < 1.29 is 23.1 Å². The van der Waals surface area contributed by atoms with Crippen LogP contribution in [0.3, 0.4) is 0 Å². The minimum absolute atomic E-state index is 0.200. The van der Waals surface area contributed by atoms with E-state index in [0.717, 1.165) is 5.56 Å². The van der Waals surface area contributed by atoms with Crippen LogP contribution in [-0.4, -0.2) is 51.3 Å². The molecule has 0 radical (unpaired) electrons. The van der Waals surface area contributed by atoms with Crippen LogP contribution >= 0.6 is 0 Å². The molecule has 1 amide bonds. The summed E-state index contributed by atoms with van der Waals surface area (Å²) in [5.74, 6) is 0.200. The Morgan fingerprint density at radius 1 is 1.24 bits per heavy atom. The Labute approximate surface area is 190 Å². The zero-order chi connectivity index (χ0) is 24.6. The third kappa shape index (κ3) is 5.06.